The van der Waals surface area contributed by atoms with E-state index in [-0.39, 0.29) is 12.4 Å². The van der Waals surface area contributed by atoms with Crippen LogP contribution in [0.15, 0.2) is 48.8 Å². The highest BCUT2D eigenvalue weighted by Crippen LogP contribution is 2.25. The molecule has 0 saturated carbocycles. The Morgan fingerprint density at radius 2 is 1.88 bits per heavy atom. The zero-order valence-electron chi connectivity index (χ0n) is 13.8. The SMILES string of the molecule is OCCCNc1nc(Nc2ccc(I)cc2F)cc(-c2ccncc2)n1. The summed E-state index contributed by atoms with van der Waals surface area (Å²) in [6.45, 7) is 0.615. The Hall–Kier alpha value is -2.33. The van der Waals surface area contributed by atoms with Crippen LogP contribution in [0.2, 0.25) is 0 Å². The highest BCUT2D eigenvalue weighted by atomic mass is 127. The van der Waals surface area contributed by atoms with Gasteiger partial charge in [-0.3, -0.25) is 4.98 Å². The van der Waals surface area contributed by atoms with E-state index >= 15 is 0 Å². The average Bonchev–Trinajstić information content (AvgIpc) is 2.65. The van der Waals surface area contributed by atoms with E-state index in [1.54, 1.807) is 24.5 Å². The summed E-state index contributed by atoms with van der Waals surface area (Å²) in [4.78, 5) is 12.9. The van der Waals surface area contributed by atoms with Crippen LogP contribution in [0.1, 0.15) is 6.42 Å². The maximum atomic E-state index is 14.1. The molecule has 8 heteroatoms. The van der Waals surface area contributed by atoms with Gasteiger partial charge in [-0.2, -0.15) is 4.98 Å². The number of nitrogens with zero attached hydrogens (tertiary/aromatic N) is 3. The average molecular weight is 465 g/mol. The van der Waals surface area contributed by atoms with Gasteiger partial charge in [-0.15, -0.1) is 0 Å². The number of hydrogen-bond acceptors (Lipinski definition) is 6. The predicted molar refractivity (Wildman–Crippen MR) is 108 cm³/mol. The van der Waals surface area contributed by atoms with Gasteiger partial charge in [0, 0.05) is 40.7 Å². The molecule has 2 heterocycles. The second-order valence-electron chi connectivity index (χ2n) is 5.45. The molecule has 134 valence electrons. The van der Waals surface area contributed by atoms with Crippen molar-refractivity contribution in [2.45, 2.75) is 6.42 Å². The number of benzene rings is 1. The Kier molecular flexibility index (Phi) is 6.29. The summed E-state index contributed by atoms with van der Waals surface area (Å²) in [7, 11) is 0. The molecule has 6 nitrogen and oxygen atoms in total. The molecule has 3 rings (SSSR count). The van der Waals surface area contributed by atoms with Crippen LogP contribution in [-0.4, -0.2) is 33.2 Å². The highest BCUT2D eigenvalue weighted by molar-refractivity contribution is 14.1. The maximum Gasteiger partial charge on any atom is 0.225 e. The number of rotatable bonds is 7. The minimum atomic E-state index is -0.351. The van der Waals surface area contributed by atoms with Crippen molar-refractivity contribution in [2.24, 2.45) is 0 Å². The van der Waals surface area contributed by atoms with Gasteiger partial charge in [-0.25, -0.2) is 9.37 Å². The fourth-order valence-corrected chi connectivity index (χ4v) is 2.72. The summed E-state index contributed by atoms with van der Waals surface area (Å²) in [6, 6.07) is 10.4. The summed E-state index contributed by atoms with van der Waals surface area (Å²) in [5.41, 5.74) is 1.90. The van der Waals surface area contributed by atoms with Crippen LogP contribution < -0.4 is 10.6 Å². The van der Waals surface area contributed by atoms with Crippen molar-refractivity contribution in [1.29, 1.82) is 0 Å². The van der Waals surface area contributed by atoms with E-state index in [0.29, 0.717) is 36.1 Å². The summed E-state index contributed by atoms with van der Waals surface area (Å²) in [5.74, 6) is 0.523. The first-order chi connectivity index (χ1) is 12.7. The summed E-state index contributed by atoms with van der Waals surface area (Å²) < 4.78 is 15.0. The third kappa shape index (κ3) is 4.85. The second-order valence-corrected chi connectivity index (χ2v) is 6.70. The first-order valence-electron chi connectivity index (χ1n) is 8.02. The lowest BCUT2D eigenvalue weighted by Gasteiger charge is -2.12. The Morgan fingerprint density at radius 1 is 1.08 bits per heavy atom. The van der Waals surface area contributed by atoms with E-state index in [4.69, 9.17) is 5.11 Å². The number of hydrogen-bond donors (Lipinski definition) is 3. The topological polar surface area (TPSA) is 83.0 Å². The molecule has 0 spiro atoms. The molecule has 0 radical (unpaired) electrons. The van der Waals surface area contributed by atoms with E-state index in [9.17, 15) is 4.39 Å². The molecule has 26 heavy (non-hydrogen) atoms. The molecular weight excluding hydrogens is 448 g/mol. The summed E-state index contributed by atoms with van der Waals surface area (Å²) in [6.07, 6.45) is 3.95. The van der Waals surface area contributed by atoms with Crippen molar-refractivity contribution >= 4 is 40.0 Å². The van der Waals surface area contributed by atoms with Gasteiger partial charge < -0.3 is 15.7 Å². The molecule has 0 aliphatic carbocycles. The fourth-order valence-electron chi connectivity index (χ4n) is 2.27. The van der Waals surface area contributed by atoms with E-state index in [0.717, 1.165) is 9.13 Å². The Morgan fingerprint density at radius 3 is 2.62 bits per heavy atom. The molecule has 0 unspecified atom stereocenters. The molecular formula is C18H17FIN5O. The van der Waals surface area contributed by atoms with Crippen LogP contribution in [0, 0.1) is 9.39 Å². The first kappa shape index (κ1) is 18.5. The lowest BCUT2D eigenvalue weighted by atomic mass is 10.2. The number of nitrogens with one attached hydrogen (secondary N) is 2. The maximum absolute atomic E-state index is 14.1. The van der Waals surface area contributed by atoms with Crippen molar-refractivity contribution in [3.63, 3.8) is 0 Å². The van der Waals surface area contributed by atoms with Crippen LogP contribution >= 0.6 is 22.6 Å². The molecule has 0 fully saturated rings. The predicted octanol–water partition coefficient (Wildman–Crippen LogP) is 3.82. The zero-order chi connectivity index (χ0) is 18.4. The summed E-state index contributed by atoms with van der Waals surface area (Å²) in [5, 5.41) is 15.0. The van der Waals surface area contributed by atoms with Crippen molar-refractivity contribution in [2.75, 3.05) is 23.8 Å². The van der Waals surface area contributed by atoms with Gasteiger partial charge in [0.15, 0.2) is 0 Å². The Balaban J connectivity index is 1.93. The normalized spacial score (nSPS) is 10.6. The number of anilines is 3. The standard InChI is InChI=1S/C18H17FIN5O/c19-14-10-13(20)2-3-15(14)23-17-11-16(12-4-7-21-8-5-12)24-18(25-17)22-6-1-9-26/h2-5,7-8,10-11,26H,1,6,9H2,(H2,22,23,24,25). The zero-order valence-corrected chi connectivity index (χ0v) is 15.9. The number of aliphatic hydroxyl groups is 1. The molecule has 2 aromatic heterocycles. The molecule has 0 atom stereocenters. The third-order valence-electron chi connectivity index (χ3n) is 3.51. The number of aromatic nitrogens is 3. The number of aliphatic hydroxyl groups excluding tert-OH is 1. The fraction of sp³-hybridized carbons (Fsp3) is 0.167. The highest BCUT2D eigenvalue weighted by Gasteiger charge is 2.09. The molecule has 3 N–H and O–H groups in total. The van der Waals surface area contributed by atoms with Gasteiger partial charge in [-0.1, -0.05) is 0 Å². The van der Waals surface area contributed by atoms with Gasteiger partial charge >= 0.3 is 0 Å². The Labute approximate surface area is 164 Å². The summed E-state index contributed by atoms with van der Waals surface area (Å²) >= 11 is 2.06. The molecule has 3 aromatic rings. The first-order valence-corrected chi connectivity index (χ1v) is 9.10. The van der Waals surface area contributed by atoms with Gasteiger partial charge in [-0.05, 0) is 59.3 Å². The van der Waals surface area contributed by atoms with Gasteiger partial charge in [0.2, 0.25) is 5.95 Å². The van der Waals surface area contributed by atoms with Gasteiger partial charge in [0.1, 0.15) is 11.6 Å². The van der Waals surface area contributed by atoms with Crippen LogP contribution in [0.4, 0.5) is 21.8 Å². The lowest BCUT2D eigenvalue weighted by molar-refractivity contribution is 0.292. The van der Waals surface area contributed by atoms with Crippen LogP contribution in [0.3, 0.4) is 0 Å². The van der Waals surface area contributed by atoms with Crippen LogP contribution in [0.25, 0.3) is 11.3 Å². The van der Waals surface area contributed by atoms with Crippen molar-refractivity contribution in [1.82, 2.24) is 15.0 Å². The van der Waals surface area contributed by atoms with E-state index in [2.05, 4.69) is 48.2 Å². The Bertz CT molecular complexity index is 879. The van der Waals surface area contributed by atoms with Crippen molar-refractivity contribution in [3.8, 4) is 11.3 Å². The molecule has 1 aromatic carbocycles. The minimum Gasteiger partial charge on any atom is -0.396 e. The number of halogens is 2. The molecule has 0 bridgehead atoms. The monoisotopic (exact) mass is 465 g/mol. The molecule has 0 aliphatic heterocycles. The van der Waals surface area contributed by atoms with Gasteiger partial charge in [0.25, 0.3) is 0 Å². The minimum absolute atomic E-state index is 0.0794. The second kappa shape index (κ2) is 8.86. The van der Waals surface area contributed by atoms with Crippen LogP contribution in [0.5, 0.6) is 0 Å². The van der Waals surface area contributed by atoms with E-state index in [1.807, 2.05) is 18.2 Å². The molecule has 0 amide bonds. The third-order valence-corrected chi connectivity index (χ3v) is 4.19. The van der Waals surface area contributed by atoms with Crippen LogP contribution in [-0.2, 0) is 0 Å². The van der Waals surface area contributed by atoms with E-state index < -0.39 is 0 Å². The van der Waals surface area contributed by atoms with Crippen molar-refractivity contribution in [3.05, 3.63) is 58.2 Å². The largest absolute Gasteiger partial charge is 0.396 e. The molecule has 0 aliphatic rings. The van der Waals surface area contributed by atoms with E-state index in [1.165, 1.54) is 6.07 Å². The van der Waals surface area contributed by atoms with Gasteiger partial charge in [0.05, 0.1) is 11.4 Å². The quantitative estimate of drug-likeness (QED) is 0.364. The molecule has 0 saturated heterocycles. The number of pyridine rings is 1. The smallest absolute Gasteiger partial charge is 0.225 e. The van der Waals surface area contributed by atoms with Crippen molar-refractivity contribution < 1.29 is 9.50 Å². The lowest BCUT2D eigenvalue weighted by Crippen LogP contribution is -2.09.